The highest BCUT2D eigenvalue weighted by Gasteiger charge is 2.09. The molecule has 7 heteroatoms. The number of hydrogen-bond acceptors (Lipinski definition) is 4. The third-order valence-corrected chi connectivity index (χ3v) is 4.06. The Bertz CT molecular complexity index is 433. The normalized spacial score (nSPS) is 14.7. The van der Waals surface area contributed by atoms with Gasteiger partial charge in [-0.15, -0.1) is 24.8 Å². The van der Waals surface area contributed by atoms with Gasteiger partial charge >= 0.3 is 0 Å². The number of benzene rings is 1. The molecule has 0 unspecified atom stereocenters. The summed E-state index contributed by atoms with van der Waals surface area (Å²) in [6.07, 6.45) is 1.16. The van der Waals surface area contributed by atoms with Crippen LogP contribution in [0.5, 0.6) is 5.75 Å². The van der Waals surface area contributed by atoms with E-state index in [1.807, 2.05) is 19.1 Å². The van der Waals surface area contributed by atoms with E-state index in [0.29, 0.717) is 6.61 Å². The van der Waals surface area contributed by atoms with Crippen molar-refractivity contribution in [3.63, 3.8) is 0 Å². The predicted octanol–water partition coefficient (Wildman–Crippen LogP) is 3.50. The van der Waals surface area contributed by atoms with Gasteiger partial charge in [-0.25, -0.2) is 0 Å². The zero-order chi connectivity index (χ0) is 14.9. The van der Waals surface area contributed by atoms with Crippen molar-refractivity contribution in [3.05, 3.63) is 28.2 Å². The lowest BCUT2D eigenvalue weighted by Gasteiger charge is -2.26. The minimum atomic E-state index is 0. The van der Waals surface area contributed by atoms with Crippen LogP contribution in [-0.2, 0) is 11.3 Å². The molecule has 1 aromatic rings. The van der Waals surface area contributed by atoms with E-state index in [2.05, 4.69) is 32.2 Å². The molecule has 1 saturated heterocycles. The first kappa shape index (κ1) is 23.0. The second-order valence-corrected chi connectivity index (χ2v) is 6.09. The molecule has 0 amide bonds. The van der Waals surface area contributed by atoms with Gasteiger partial charge in [0.15, 0.2) is 0 Å². The number of morpholine rings is 1. The van der Waals surface area contributed by atoms with Crippen LogP contribution in [0.1, 0.15) is 18.9 Å². The number of nitrogens with one attached hydrogen (secondary N) is 1. The molecule has 0 aromatic heterocycles. The van der Waals surface area contributed by atoms with Crippen molar-refractivity contribution in [1.29, 1.82) is 0 Å². The van der Waals surface area contributed by atoms with Gasteiger partial charge < -0.3 is 14.8 Å². The Morgan fingerprint density at radius 3 is 2.70 bits per heavy atom. The van der Waals surface area contributed by atoms with Gasteiger partial charge in [0.05, 0.1) is 19.8 Å². The minimum absolute atomic E-state index is 0. The summed E-state index contributed by atoms with van der Waals surface area (Å²) >= 11 is 3.52. The lowest BCUT2D eigenvalue weighted by molar-refractivity contribution is 0.0374. The van der Waals surface area contributed by atoms with E-state index < -0.39 is 0 Å². The Balaban J connectivity index is 0.00000242. The Labute approximate surface area is 160 Å². The molecule has 1 fully saturated rings. The second kappa shape index (κ2) is 13.3. The maximum Gasteiger partial charge on any atom is 0.123 e. The Hall–Kier alpha value is -0.0400. The summed E-state index contributed by atoms with van der Waals surface area (Å²) in [5.41, 5.74) is 1.21. The van der Waals surface area contributed by atoms with Crippen LogP contribution < -0.4 is 10.1 Å². The fraction of sp³-hybridized carbons (Fsp3) is 0.625. The molecule has 2 rings (SSSR count). The number of rotatable bonds is 8. The van der Waals surface area contributed by atoms with Gasteiger partial charge in [0.1, 0.15) is 5.75 Å². The van der Waals surface area contributed by atoms with Crippen molar-refractivity contribution in [2.24, 2.45) is 0 Å². The fourth-order valence-electron chi connectivity index (χ4n) is 2.46. The summed E-state index contributed by atoms with van der Waals surface area (Å²) in [5.74, 6) is 0.973. The molecule has 4 nitrogen and oxygen atoms in total. The summed E-state index contributed by atoms with van der Waals surface area (Å²) in [4.78, 5) is 2.47. The zero-order valence-corrected chi connectivity index (χ0v) is 16.8. The Morgan fingerprint density at radius 2 is 2.00 bits per heavy atom. The maximum atomic E-state index is 5.66. The molecule has 1 N–H and O–H groups in total. The first-order valence-electron chi connectivity index (χ1n) is 7.71. The van der Waals surface area contributed by atoms with Gasteiger partial charge in [-0.05, 0) is 44.6 Å². The molecule has 23 heavy (non-hydrogen) atoms. The number of hydrogen-bond donors (Lipinski definition) is 1. The van der Waals surface area contributed by atoms with E-state index in [0.717, 1.165) is 62.6 Å². The molecule has 0 atom stereocenters. The third kappa shape index (κ3) is 8.57. The summed E-state index contributed by atoms with van der Waals surface area (Å²) in [6.45, 7) is 9.63. The predicted molar refractivity (Wildman–Crippen MR) is 103 cm³/mol. The molecule has 0 bridgehead atoms. The number of halogens is 3. The number of nitrogens with zero attached hydrogens (tertiary/aromatic N) is 1. The molecule has 0 spiro atoms. The van der Waals surface area contributed by atoms with Crippen molar-refractivity contribution >= 4 is 40.7 Å². The molecular formula is C16H27BrCl2N2O2. The van der Waals surface area contributed by atoms with Crippen LogP contribution in [0.4, 0.5) is 0 Å². The third-order valence-electron chi connectivity index (χ3n) is 3.57. The summed E-state index contributed by atoms with van der Waals surface area (Å²) in [6, 6.07) is 6.17. The van der Waals surface area contributed by atoms with Gasteiger partial charge in [-0.1, -0.05) is 15.9 Å². The van der Waals surface area contributed by atoms with Crippen LogP contribution in [0.25, 0.3) is 0 Å². The van der Waals surface area contributed by atoms with Crippen molar-refractivity contribution in [3.8, 4) is 5.75 Å². The van der Waals surface area contributed by atoms with Crippen LogP contribution in [-0.4, -0.2) is 50.9 Å². The lowest BCUT2D eigenvalue weighted by atomic mass is 10.2. The van der Waals surface area contributed by atoms with E-state index in [-0.39, 0.29) is 24.8 Å². The largest absolute Gasteiger partial charge is 0.494 e. The Kier molecular flexibility index (Phi) is 13.3. The summed E-state index contributed by atoms with van der Waals surface area (Å²) in [7, 11) is 0. The summed E-state index contributed by atoms with van der Waals surface area (Å²) < 4.78 is 12.1. The average Bonchev–Trinajstić information content (AvgIpc) is 2.51. The number of ether oxygens (including phenoxy) is 2. The molecule has 0 aliphatic carbocycles. The fourth-order valence-corrected chi connectivity index (χ4v) is 2.87. The Morgan fingerprint density at radius 1 is 1.26 bits per heavy atom. The highest BCUT2D eigenvalue weighted by atomic mass is 79.9. The second-order valence-electron chi connectivity index (χ2n) is 5.17. The average molecular weight is 430 g/mol. The standard InChI is InChI=1S/C16H25BrN2O2.2ClH/c1-2-21-16-5-4-15(17)12-14(16)13-18-6-3-7-19-8-10-20-11-9-19;;/h4-5,12,18H,2-3,6-11,13H2,1H3;2*1H. The van der Waals surface area contributed by atoms with E-state index in [1.165, 1.54) is 5.56 Å². The highest BCUT2D eigenvalue weighted by molar-refractivity contribution is 9.10. The first-order chi connectivity index (χ1) is 10.3. The van der Waals surface area contributed by atoms with Gasteiger partial charge in [-0.2, -0.15) is 0 Å². The van der Waals surface area contributed by atoms with Crippen LogP contribution in [0.15, 0.2) is 22.7 Å². The van der Waals surface area contributed by atoms with Crippen LogP contribution in [0, 0.1) is 0 Å². The molecule has 1 aliphatic heterocycles. The van der Waals surface area contributed by atoms with E-state index in [9.17, 15) is 0 Å². The summed E-state index contributed by atoms with van der Waals surface area (Å²) in [5, 5.41) is 3.51. The van der Waals surface area contributed by atoms with Crippen LogP contribution in [0.3, 0.4) is 0 Å². The van der Waals surface area contributed by atoms with Gasteiger partial charge in [0.2, 0.25) is 0 Å². The molecular weight excluding hydrogens is 403 g/mol. The van der Waals surface area contributed by atoms with Crippen molar-refractivity contribution in [2.45, 2.75) is 19.9 Å². The highest BCUT2D eigenvalue weighted by Crippen LogP contribution is 2.23. The minimum Gasteiger partial charge on any atom is -0.494 e. The van der Waals surface area contributed by atoms with Crippen LogP contribution in [0.2, 0.25) is 0 Å². The zero-order valence-electron chi connectivity index (χ0n) is 13.6. The topological polar surface area (TPSA) is 33.7 Å². The first-order valence-corrected chi connectivity index (χ1v) is 8.51. The smallest absolute Gasteiger partial charge is 0.123 e. The van der Waals surface area contributed by atoms with Crippen molar-refractivity contribution in [2.75, 3.05) is 46.0 Å². The van der Waals surface area contributed by atoms with Gasteiger partial charge in [-0.3, -0.25) is 4.90 Å². The molecule has 134 valence electrons. The van der Waals surface area contributed by atoms with Crippen molar-refractivity contribution < 1.29 is 9.47 Å². The van der Waals surface area contributed by atoms with Gasteiger partial charge in [0, 0.05) is 29.7 Å². The molecule has 1 heterocycles. The van der Waals surface area contributed by atoms with Crippen LogP contribution >= 0.6 is 40.7 Å². The van der Waals surface area contributed by atoms with E-state index >= 15 is 0 Å². The molecule has 0 saturated carbocycles. The van der Waals surface area contributed by atoms with E-state index in [1.54, 1.807) is 0 Å². The lowest BCUT2D eigenvalue weighted by Crippen LogP contribution is -2.37. The molecule has 1 aromatic carbocycles. The SMILES string of the molecule is CCOc1ccc(Br)cc1CNCCCN1CCOCC1.Cl.Cl. The monoisotopic (exact) mass is 428 g/mol. The maximum absolute atomic E-state index is 5.66. The quantitative estimate of drug-likeness (QED) is 0.641. The van der Waals surface area contributed by atoms with E-state index in [4.69, 9.17) is 9.47 Å². The van der Waals surface area contributed by atoms with Gasteiger partial charge in [0.25, 0.3) is 0 Å². The molecule has 0 radical (unpaired) electrons. The molecule has 1 aliphatic rings. The van der Waals surface area contributed by atoms with Crippen molar-refractivity contribution in [1.82, 2.24) is 10.2 Å².